The predicted molar refractivity (Wildman–Crippen MR) is 153 cm³/mol. The summed E-state index contributed by atoms with van der Waals surface area (Å²) >= 11 is 0. The maximum absolute atomic E-state index is 13.6. The number of benzene rings is 3. The average Bonchev–Trinajstić information content (AvgIpc) is 3.33. The molecule has 0 radical (unpaired) electrons. The molecular weight excluding hydrogens is 549 g/mol. The van der Waals surface area contributed by atoms with Crippen LogP contribution in [0.25, 0.3) is 0 Å². The van der Waals surface area contributed by atoms with Crippen LogP contribution in [0.2, 0.25) is 0 Å². The first-order valence-electron chi connectivity index (χ1n) is 13.4. The summed E-state index contributed by atoms with van der Waals surface area (Å²) in [5.74, 6) is -0.334. The second-order valence-corrected chi connectivity index (χ2v) is 11.8. The molecule has 2 atom stereocenters. The molecule has 11 heteroatoms. The van der Waals surface area contributed by atoms with Gasteiger partial charge in [0.1, 0.15) is 17.7 Å². The van der Waals surface area contributed by atoms with Crippen molar-refractivity contribution in [2.45, 2.75) is 42.7 Å². The first-order chi connectivity index (χ1) is 19.7. The molecule has 9 nitrogen and oxygen atoms in total. The molecule has 1 aliphatic rings. The van der Waals surface area contributed by atoms with Crippen LogP contribution in [0.1, 0.15) is 30.9 Å². The molecule has 0 aliphatic carbocycles. The van der Waals surface area contributed by atoms with Gasteiger partial charge >= 0.3 is 0 Å². The van der Waals surface area contributed by atoms with Crippen molar-refractivity contribution in [2.75, 3.05) is 25.5 Å². The molecule has 0 unspecified atom stereocenters. The average molecular weight is 584 g/mol. The van der Waals surface area contributed by atoms with Gasteiger partial charge in [-0.2, -0.15) is 0 Å². The Hall–Kier alpha value is -3.80. The van der Waals surface area contributed by atoms with Crippen molar-refractivity contribution in [3.8, 4) is 5.75 Å². The van der Waals surface area contributed by atoms with Crippen molar-refractivity contribution < 1.29 is 32.2 Å². The molecule has 1 amide bonds. The Bertz CT molecular complexity index is 1430. The summed E-state index contributed by atoms with van der Waals surface area (Å²) in [6.07, 6.45) is 0.172. The number of amides is 1. The van der Waals surface area contributed by atoms with E-state index in [-0.39, 0.29) is 35.4 Å². The van der Waals surface area contributed by atoms with E-state index in [1.165, 1.54) is 24.3 Å². The number of halogens is 1. The fourth-order valence-corrected chi connectivity index (χ4v) is 5.78. The standard InChI is InChI=1S/C30H34FN3O6S/c1-22-30(17-21-41(37,38)27-6-3-2-4-7-27,29(36)34-32-18-16-23-8-12-25(31)13-9-23)33-28(40-22)24-10-14-26(15-11-24)39-20-5-19-35/h2-4,6-15,22,32,35H,5,16-21H2,1H3,(H,34,36)/t22-,30-/m0/s1. The number of sulfone groups is 1. The van der Waals surface area contributed by atoms with E-state index < -0.39 is 27.4 Å². The highest BCUT2D eigenvalue weighted by molar-refractivity contribution is 7.91. The molecular formula is C30H34FN3O6S. The fraction of sp³-hybridized carbons (Fsp3) is 0.333. The van der Waals surface area contributed by atoms with E-state index in [0.717, 1.165) is 5.56 Å². The number of hydrogen-bond acceptors (Lipinski definition) is 8. The number of hydrogen-bond donors (Lipinski definition) is 3. The normalized spacial score (nSPS) is 18.4. The third-order valence-corrected chi connectivity index (χ3v) is 8.57. The van der Waals surface area contributed by atoms with Gasteiger partial charge in [0.2, 0.25) is 5.90 Å². The fourth-order valence-electron chi connectivity index (χ4n) is 4.40. The monoisotopic (exact) mass is 583 g/mol. The number of hydrazine groups is 1. The first-order valence-corrected chi connectivity index (χ1v) is 15.0. The van der Waals surface area contributed by atoms with Crippen LogP contribution in [-0.2, 0) is 25.8 Å². The molecule has 0 aromatic heterocycles. The molecule has 218 valence electrons. The molecule has 0 saturated carbocycles. The van der Waals surface area contributed by atoms with Crippen molar-refractivity contribution in [3.63, 3.8) is 0 Å². The Kier molecular flexibility index (Phi) is 10.1. The molecule has 0 saturated heterocycles. The van der Waals surface area contributed by atoms with E-state index in [1.54, 1.807) is 61.5 Å². The number of rotatable bonds is 14. The van der Waals surface area contributed by atoms with Crippen LogP contribution >= 0.6 is 0 Å². The Labute approximate surface area is 239 Å². The van der Waals surface area contributed by atoms with Gasteiger partial charge in [-0.15, -0.1) is 0 Å². The molecule has 1 aliphatic heterocycles. The van der Waals surface area contributed by atoms with Gasteiger partial charge in [-0.1, -0.05) is 30.3 Å². The zero-order valence-corrected chi connectivity index (χ0v) is 23.6. The Morgan fingerprint density at radius 1 is 1.07 bits per heavy atom. The number of nitrogens with zero attached hydrogens (tertiary/aromatic N) is 1. The number of aliphatic imine (C=N–C) groups is 1. The third-order valence-electron chi connectivity index (χ3n) is 6.84. The Balaban J connectivity index is 1.52. The van der Waals surface area contributed by atoms with Crippen LogP contribution in [0.5, 0.6) is 5.75 Å². The van der Waals surface area contributed by atoms with Gasteiger partial charge in [0, 0.05) is 25.1 Å². The van der Waals surface area contributed by atoms with Gasteiger partial charge in [0.25, 0.3) is 5.91 Å². The zero-order chi connectivity index (χ0) is 29.3. The summed E-state index contributed by atoms with van der Waals surface area (Å²) in [7, 11) is -3.70. The lowest BCUT2D eigenvalue weighted by Gasteiger charge is -2.28. The number of ether oxygens (including phenoxy) is 2. The minimum atomic E-state index is -3.70. The summed E-state index contributed by atoms with van der Waals surface area (Å²) in [4.78, 5) is 18.5. The van der Waals surface area contributed by atoms with Crippen LogP contribution in [0.15, 0.2) is 88.8 Å². The maximum atomic E-state index is 13.6. The van der Waals surface area contributed by atoms with Crippen molar-refractivity contribution in [1.29, 1.82) is 0 Å². The highest BCUT2D eigenvalue weighted by atomic mass is 32.2. The number of aliphatic hydroxyl groups is 1. The summed E-state index contributed by atoms with van der Waals surface area (Å²) in [6, 6.07) is 21.1. The van der Waals surface area contributed by atoms with E-state index in [1.807, 2.05) is 0 Å². The lowest BCUT2D eigenvalue weighted by atomic mass is 9.90. The van der Waals surface area contributed by atoms with Gasteiger partial charge in [-0.05, 0) is 73.9 Å². The number of carbonyl (C=O) groups excluding carboxylic acids is 1. The summed E-state index contributed by atoms with van der Waals surface area (Å²) in [5, 5.41) is 8.94. The maximum Gasteiger partial charge on any atom is 0.266 e. The Morgan fingerprint density at radius 3 is 2.46 bits per heavy atom. The summed E-state index contributed by atoms with van der Waals surface area (Å²) in [6.45, 7) is 2.46. The van der Waals surface area contributed by atoms with Crippen molar-refractivity contribution in [3.05, 3.63) is 95.8 Å². The van der Waals surface area contributed by atoms with Crippen LogP contribution in [0.3, 0.4) is 0 Å². The van der Waals surface area contributed by atoms with E-state index in [2.05, 4.69) is 15.8 Å². The van der Waals surface area contributed by atoms with Crippen molar-refractivity contribution >= 4 is 21.6 Å². The van der Waals surface area contributed by atoms with Gasteiger partial charge in [-0.25, -0.2) is 23.2 Å². The van der Waals surface area contributed by atoms with E-state index in [0.29, 0.717) is 37.3 Å². The van der Waals surface area contributed by atoms with Crippen molar-refractivity contribution in [2.24, 2.45) is 4.99 Å². The quantitative estimate of drug-likeness (QED) is 0.197. The van der Waals surface area contributed by atoms with Crippen LogP contribution in [-0.4, -0.2) is 62.5 Å². The lowest BCUT2D eigenvalue weighted by Crippen LogP contribution is -2.55. The van der Waals surface area contributed by atoms with Gasteiger partial charge in [0.05, 0.1) is 17.3 Å². The minimum absolute atomic E-state index is 0.0336. The highest BCUT2D eigenvalue weighted by Crippen LogP contribution is 2.33. The van der Waals surface area contributed by atoms with E-state index >= 15 is 0 Å². The molecule has 3 aromatic carbocycles. The first kappa shape index (κ1) is 30.2. The minimum Gasteiger partial charge on any atom is -0.494 e. The predicted octanol–water partition coefficient (Wildman–Crippen LogP) is 3.22. The van der Waals surface area contributed by atoms with Crippen LogP contribution in [0.4, 0.5) is 4.39 Å². The number of aliphatic hydroxyl groups excluding tert-OH is 1. The van der Waals surface area contributed by atoms with Gasteiger partial charge < -0.3 is 14.6 Å². The molecule has 1 heterocycles. The van der Waals surface area contributed by atoms with Crippen molar-refractivity contribution in [1.82, 2.24) is 10.9 Å². The second kappa shape index (κ2) is 13.7. The molecule has 0 spiro atoms. The highest BCUT2D eigenvalue weighted by Gasteiger charge is 2.50. The molecule has 0 fully saturated rings. The second-order valence-electron chi connectivity index (χ2n) is 9.69. The largest absolute Gasteiger partial charge is 0.494 e. The van der Waals surface area contributed by atoms with Crippen LogP contribution < -0.4 is 15.6 Å². The summed E-state index contributed by atoms with van der Waals surface area (Å²) in [5.41, 5.74) is 5.54. The molecule has 0 bridgehead atoms. The molecule has 3 N–H and O–H groups in total. The van der Waals surface area contributed by atoms with Gasteiger partial charge in [-0.3, -0.25) is 10.2 Å². The third kappa shape index (κ3) is 7.69. The summed E-state index contributed by atoms with van der Waals surface area (Å²) < 4.78 is 51.0. The van der Waals surface area contributed by atoms with E-state index in [9.17, 15) is 17.6 Å². The number of nitrogens with one attached hydrogen (secondary N) is 2. The van der Waals surface area contributed by atoms with Gasteiger partial charge in [0.15, 0.2) is 15.4 Å². The van der Waals surface area contributed by atoms with Crippen LogP contribution in [0, 0.1) is 5.82 Å². The SMILES string of the molecule is C[C@@H]1OC(c2ccc(OCCCO)cc2)=N[C@]1(CCS(=O)(=O)c1ccccc1)C(=O)NNCCc1ccc(F)cc1. The lowest BCUT2D eigenvalue weighted by molar-refractivity contribution is -0.129. The zero-order valence-electron chi connectivity index (χ0n) is 22.8. The number of carbonyl (C=O) groups is 1. The molecule has 41 heavy (non-hydrogen) atoms. The smallest absolute Gasteiger partial charge is 0.266 e. The Morgan fingerprint density at radius 2 is 1.78 bits per heavy atom. The molecule has 4 rings (SSSR count). The van der Waals surface area contributed by atoms with E-state index in [4.69, 9.17) is 14.6 Å². The molecule has 3 aromatic rings. The topological polar surface area (TPSA) is 126 Å².